The Hall–Kier alpha value is -1.36. The van der Waals surface area contributed by atoms with Gasteiger partial charge in [0, 0.05) is 7.05 Å². The van der Waals surface area contributed by atoms with E-state index < -0.39 is 5.60 Å². The second-order valence-corrected chi connectivity index (χ2v) is 5.13. The molecule has 1 aliphatic rings. The average molecular weight is 251 g/mol. The van der Waals surface area contributed by atoms with Crippen LogP contribution < -0.4 is 0 Å². The van der Waals surface area contributed by atoms with Crippen LogP contribution in [0, 0.1) is 0 Å². The second kappa shape index (κ2) is 4.72. The first-order chi connectivity index (χ1) is 8.49. The van der Waals surface area contributed by atoms with Crippen LogP contribution in [0.25, 0.3) is 0 Å². The Morgan fingerprint density at radius 1 is 1.50 bits per heavy atom. The molecule has 100 valence electrons. The van der Waals surface area contributed by atoms with Crippen molar-refractivity contribution in [1.82, 2.24) is 14.7 Å². The zero-order valence-electron chi connectivity index (χ0n) is 11.3. The molecule has 5 heteroatoms. The lowest BCUT2D eigenvalue weighted by Gasteiger charge is -2.46. The molecule has 1 saturated heterocycles. The zero-order chi connectivity index (χ0) is 13.3. The molecule has 0 atom stereocenters. The molecule has 0 aliphatic carbocycles. The van der Waals surface area contributed by atoms with Gasteiger partial charge in [0.2, 0.25) is 0 Å². The molecule has 0 aromatic carbocycles. The number of carbonyl (C=O) groups is 1. The summed E-state index contributed by atoms with van der Waals surface area (Å²) in [7, 11) is 1.78. The molecule has 1 amide bonds. The predicted molar refractivity (Wildman–Crippen MR) is 68.3 cm³/mol. The molecular formula is C13H21N3O2. The molecule has 1 aromatic heterocycles. The molecule has 2 heterocycles. The average Bonchev–Trinajstić information content (AvgIpc) is 2.67. The van der Waals surface area contributed by atoms with Crippen molar-refractivity contribution in [2.75, 3.05) is 13.1 Å². The van der Waals surface area contributed by atoms with Crippen LogP contribution in [0.1, 0.15) is 42.9 Å². The fourth-order valence-corrected chi connectivity index (χ4v) is 2.49. The van der Waals surface area contributed by atoms with Crippen molar-refractivity contribution < 1.29 is 9.90 Å². The Labute approximate surface area is 107 Å². The third kappa shape index (κ3) is 2.27. The number of nitrogens with zero attached hydrogens (tertiary/aromatic N) is 3. The highest BCUT2D eigenvalue weighted by molar-refractivity contribution is 5.93. The van der Waals surface area contributed by atoms with E-state index in [4.69, 9.17) is 0 Å². The molecule has 0 spiro atoms. The van der Waals surface area contributed by atoms with Gasteiger partial charge in [0.05, 0.1) is 24.4 Å². The van der Waals surface area contributed by atoms with Crippen LogP contribution in [-0.2, 0) is 13.5 Å². The van der Waals surface area contributed by atoms with Gasteiger partial charge in [-0.15, -0.1) is 0 Å². The van der Waals surface area contributed by atoms with E-state index in [2.05, 4.69) is 5.10 Å². The number of aromatic nitrogens is 2. The van der Waals surface area contributed by atoms with E-state index in [1.807, 2.05) is 19.9 Å². The van der Waals surface area contributed by atoms with E-state index in [9.17, 15) is 9.90 Å². The van der Waals surface area contributed by atoms with Crippen LogP contribution in [0.15, 0.2) is 6.07 Å². The number of β-amino-alcohol motifs (C(OH)–C–C–N with tert-alkyl or cyclic N) is 1. The Kier molecular flexibility index (Phi) is 3.43. The molecule has 1 aromatic rings. The number of amides is 1. The summed E-state index contributed by atoms with van der Waals surface area (Å²) in [6.07, 6.45) is 2.51. The standard InChI is InChI=1S/C13H21N3O2/c1-4-6-13(18)8-16(9-13)12(17)11-7-10(5-2)14-15(11)3/h7,18H,4-6,8-9H2,1-3H3. The first kappa shape index (κ1) is 13.1. The number of likely N-dealkylation sites (tertiary alicyclic amines) is 1. The van der Waals surface area contributed by atoms with Crippen molar-refractivity contribution in [1.29, 1.82) is 0 Å². The fraction of sp³-hybridized carbons (Fsp3) is 0.692. The van der Waals surface area contributed by atoms with E-state index in [1.165, 1.54) is 0 Å². The Balaban J connectivity index is 2.03. The van der Waals surface area contributed by atoms with Crippen molar-refractivity contribution in [2.45, 2.75) is 38.7 Å². The number of hydrogen-bond donors (Lipinski definition) is 1. The summed E-state index contributed by atoms with van der Waals surface area (Å²) in [5, 5.41) is 14.4. The maximum atomic E-state index is 12.2. The van der Waals surface area contributed by atoms with E-state index >= 15 is 0 Å². The van der Waals surface area contributed by atoms with Gasteiger partial charge < -0.3 is 10.0 Å². The van der Waals surface area contributed by atoms with Crippen LogP contribution in [0.3, 0.4) is 0 Å². The lowest BCUT2D eigenvalue weighted by molar-refractivity contribution is -0.0863. The van der Waals surface area contributed by atoms with Crippen molar-refractivity contribution in [2.24, 2.45) is 7.05 Å². The first-order valence-electron chi connectivity index (χ1n) is 6.53. The van der Waals surface area contributed by atoms with Gasteiger partial charge in [0.1, 0.15) is 5.69 Å². The maximum Gasteiger partial charge on any atom is 0.272 e. The third-order valence-corrected chi connectivity index (χ3v) is 3.48. The van der Waals surface area contributed by atoms with Crippen LogP contribution in [0.2, 0.25) is 0 Å². The molecule has 0 bridgehead atoms. The molecular weight excluding hydrogens is 230 g/mol. The molecule has 1 fully saturated rings. The van der Waals surface area contributed by atoms with Gasteiger partial charge in [0.15, 0.2) is 0 Å². The molecule has 0 saturated carbocycles. The molecule has 0 radical (unpaired) electrons. The van der Waals surface area contributed by atoms with Crippen LogP contribution in [0.4, 0.5) is 0 Å². The van der Waals surface area contributed by atoms with Crippen molar-refractivity contribution >= 4 is 5.91 Å². The van der Waals surface area contributed by atoms with Crippen molar-refractivity contribution in [3.05, 3.63) is 17.5 Å². The summed E-state index contributed by atoms with van der Waals surface area (Å²) < 4.78 is 1.62. The predicted octanol–water partition coefficient (Wildman–Crippen LogP) is 0.969. The van der Waals surface area contributed by atoms with Gasteiger partial charge in [0.25, 0.3) is 5.91 Å². The van der Waals surface area contributed by atoms with Gasteiger partial charge in [-0.3, -0.25) is 9.48 Å². The number of aliphatic hydroxyl groups is 1. The quantitative estimate of drug-likeness (QED) is 0.867. The minimum absolute atomic E-state index is 0.0366. The van der Waals surface area contributed by atoms with Crippen molar-refractivity contribution in [3.8, 4) is 0 Å². The normalized spacial score (nSPS) is 17.7. The summed E-state index contributed by atoms with van der Waals surface area (Å²) in [5.74, 6) is -0.0366. The van der Waals surface area contributed by atoms with Gasteiger partial charge in [-0.2, -0.15) is 5.10 Å². The van der Waals surface area contributed by atoms with Gasteiger partial charge in [-0.25, -0.2) is 0 Å². The minimum Gasteiger partial charge on any atom is -0.386 e. The summed E-state index contributed by atoms with van der Waals surface area (Å²) in [4.78, 5) is 13.9. The van der Waals surface area contributed by atoms with Crippen LogP contribution in [0.5, 0.6) is 0 Å². The van der Waals surface area contributed by atoms with Gasteiger partial charge in [-0.1, -0.05) is 20.3 Å². The van der Waals surface area contributed by atoms with E-state index in [0.717, 1.165) is 25.0 Å². The molecule has 5 nitrogen and oxygen atoms in total. The smallest absolute Gasteiger partial charge is 0.272 e. The van der Waals surface area contributed by atoms with E-state index in [-0.39, 0.29) is 5.91 Å². The van der Waals surface area contributed by atoms with Gasteiger partial charge >= 0.3 is 0 Å². The number of carbonyl (C=O) groups excluding carboxylic acids is 1. The fourth-order valence-electron chi connectivity index (χ4n) is 2.49. The van der Waals surface area contributed by atoms with Crippen molar-refractivity contribution in [3.63, 3.8) is 0 Å². The highest BCUT2D eigenvalue weighted by Gasteiger charge is 2.43. The molecule has 1 aliphatic heterocycles. The molecule has 18 heavy (non-hydrogen) atoms. The Morgan fingerprint density at radius 3 is 2.67 bits per heavy atom. The minimum atomic E-state index is -0.670. The second-order valence-electron chi connectivity index (χ2n) is 5.13. The third-order valence-electron chi connectivity index (χ3n) is 3.48. The van der Waals surface area contributed by atoms with E-state index in [1.54, 1.807) is 16.6 Å². The summed E-state index contributed by atoms with van der Waals surface area (Å²) in [6, 6.07) is 1.83. The number of hydrogen-bond acceptors (Lipinski definition) is 3. The lowest BCUT2D eigenvalue weighted by atomic mass is 9.89. The lowest BCUT2D eigenvalue weighted by Crippen LogP contribution is -2.63. The van der Waals surface area contributed by atoms with Crippen LogP contribution >= 0.6 is 0 Å². The number of aryl methyl sites for hydroxylation is 2. The number of rotatable bonds is 4. The van der Waals surface area contributed by atoms with E-state index in [0.29, 0.717) is 18.8 Å². The van der Waals surface area contributed by atoms with Gasteiger partial charge in [-0.05, 0) is 18.9 Å². The molecule has 2 rings (SSSR count). The Morgan fingerprint density at radius 2 is 2.17 bits per heavy atom. The zero-order valence-corrected chi connectivity index (χ0v) is 11.3. The summed E-state index contributed by atoms with van der Waals surface area (Å²) >= 11 is 0. The summed E-state index contributed by atoms with van der Waals surface area (Å²) in [5.41, 5.74) is 0.854. The Bertz CT molecular complexity index is 447. The molecule has 1 N–H and O–H groups in total. The topological polar surface area (TPSA) is 58.4 Å². The monoisotopic (exact) mass is 251 g/mol. The summed E-state index contributed by atoms with van der Waals surface area (Å²) in [6.45, 7) is 4.93. The first-order valence-corrected chi connectivity index (χ1v) is 6.53. The SMILES string of the molecule is CCCC1(O)CN(C(=O)c2cc(CC)nn2C)C1. The highest BCUT2D eigenvalue weighted by atomic mass is 16.3. The van der Waals surface area contributed by atoms with Crippen LogP contribution in [-0.4, -0.2) is 44.4 Å². The maximum absolute atomic E-state index is 12.2. The molecule has 0 unspecified atom stereocenters. The highest BCUT2D eigenvalue weighted by Crippen LogP contribution is 2.27. The largest absolute Gasteiger partial charge is 0.386 e.